The Morgan fingerprint density at radius 1 is 1.05 bits per heavy atom. The molecule has 1 saturated heterocycles. The van der Waals surface area contributed by atoms with Gasteiger partial charge in [0.1, 0.15) is 0 Å². The first-order chi connectivity index (χ1) is 9.25. The van der Waals surface area contributed by atoms with Crippen molar-refractivity contribution in [3.8, 4) is 0 Å². The minimum atomic E-state index is 0.654. The van der Waals surface area contributed by atoms with Crippen LogP contribution in [0, 0.1) is 11.3 Å². The van der Waals surface area contributed by atoms with Crippen molar-refractivity contribution < 1.29 is 0 Å². The Morgan fingerprint density at radius 3 is 2.53 bits per heavy atom. The van der Waals surface area contributed by atoms with Gasteiger partial charge in [-0.05, 0) is 56.5 Å². The highest BCUT2D eigenvalue weighted by molar-refractivity contribution is 4.90. The van der Waals surface area contributed by atoms with Crippen LogP contribution in [0.15, 0.2) is 0 Å². The van der Waals surface area contributed by atoms with E-state index in [1.54, 1.807) is 0 Å². The van der Waals surface area contributed by atoms with Gasteiger partial charge in [0.05, 0.1) is 0 Å². The van der Waals surface area contributed by atoms with Gasteiger partial charge in [-0.25, -0.2) is 0 Å². The lowest BCUT2D eigenvalue weighted by atomic mass is 9.70. The molecule has 0 aromatic carbocycles. The first kappa shape index (κ1) is 13.9. The molecule has 2 aliphatic carbocycles. The molecule has 1 aliphatic heterocycles. The lowest BCUT2D eigenvalue weighted by Crippen LogP contribution is -2.47. The Balaban J connectivity index is 1.55. The van der Waals surface area contributed by atoms with Crippen LogP contribution in [0.3, 0.4) is 0 Å². The van der Waals surface area contributed by atoms with Crippen molar-refractivity contribution in [1.82, 2.24) is 10.2 Å². The standard InChI is InChI=1S/C17H32N2/c1-17(9-5-10-17)14-19-12-6-11-18-16(13-19)15-7-3-2-4-8-15/h15-16,18H,2-14H2,1H3. The SMILES string of the molecule is CC1(CN2CCCNC(C3CCCCC3)C2)CCC1. The molecule has 0 aromatic heterocycles. The van der Waals surface area contributed by atoms with E-state index in [9.17, 15) is 0 Å². The molecule has 3 rings (SSSR count). The molecule has 3 fully saturated rings. The molecular formula is C17H32N2. The average Bonchev–Trinajstić information content (AvgIpc) is 2.63. The minimum absolute atomic E-state index is 0.654. The molecule has 0 amide bonds. The Bertz CT molecular complexity index is 279. The molecule has 3 aliphatic rings. The Morgan fingerprint density at radius 2 is 1.84 bits per heavy atom. The summed E-state index contributed by atoms with van der Waals surface area (Å²) in [6.07, 6.45) is 13.1. The fourth-order valence-corrected chi connectivity index (χ4v) is 4.50. The second-order valence-corrected chi connectivity index (χ2v) is 7.71. The molecule has 0 spiro atoms. The van der Waals surface area contributed by atoms with Crippen LogP contribution < -0.4 is 5.32 Å². The summed E-state index contributed by atoms with van der Waals surface area (Å²) < 4.78 is 0. The third-order valence-corrected chi connectivity index (χ3v) is 5.90. The summed E-state index contributed by atoms with van der Waals surface area (Å²) in [5.74, 6) is 0.962. The molecule has 0 aromatic rings. The van der Waals surface area contributed by atoms with E-state index in [1.165, 1.54) is 84.0 Å². The normalized spacial score (nSPS) is 33.6. The number of nitrogens with one attached hydrogen (secondary N) is 1. The van der Waals surface area contributed by atoms with E-state index in [4.69, 9.17) is 0 Å². The van der Waals surface area contributed by atoms with Crippen LogP contribution in [-0.4, -0.2) is 37.1 Å². The predicted molar refractivity (Wildman–Crippen MR) is 81.4 cm³/mol. The second kappa shape index (κ2) is 6.13. The van der Waals surface area contributed by atoms with E-state index in [1.807, 2.05) is 0 Å². The summed E-state index contributed by atoms with van der Waals surface area (Å²) in [5.41, 5.74) is 0.654. The molecule has 2 saturated carbocycles. The third-order valence-electron chi connectivity index (χ3n) is 5.90. The van der Waals surface area contributed by atoms with Crippen LogP contribution in [-0.2, 0) is 0 Å². The highest BCUT2D eigenvalue weighted by Gasteiger charge is 2.35. The molecule has 1 N–H and O–H groups in total. The largest absolute Gasteiger partial charge is 0.312 e. The Hall–Kier alpha value is -0.0800. The maximum atomic E-state index is 3.86. The lowest BCUT2D eigenvalue weighted by Gasteiger charge is -2.43. The topological polar surface area (TPSA) is 15.3 Å². The molecule has 19 heavy (non-hydrogen) atoms. The van der Waals surface area contributed by atoms with Gasteiger partial charge < -0.3 is 10.2 Å². The van der Waals surface area contributed by atoms with Crippen molar-refractivity contribution in [2.75, 3.05) is 26.2 Å². The predicted octanol–water partition coefficient (Wildman–Crippen LogP) is 3.42. The summed E-state index contributed by atoms with van der Waals surface area (Å²) in [4.78, 5) is 2.79. The average molecular weight is 264 g/mol. The quantitative estimate of drug-likeness (QED) is 0.840. The Kier molecular flexibility index (Phi) is 4.48. The summed E-state index contributed by atoms with van der Waals surface area (Å²) in [5, 5.41) is 3.86. The van der Waals surface area contributed by atoms with E-state index >= 15 is 0 Å². The molecular weight excluding hydrogens is 232 g/mol. The molecule has 1 atom stereocenters. The van der Waals surface area contributed by atoms with E-state index in [2.05, 4.69) is 17.1 Å². The van der Waals surface area contributed by atoms with Gasteiger partial charge in [0.2, 0.25) is 0 Å². The van der Waals surface area contributed by atoms with Gasteiger partial charge in [0.25, 0.3) is 0 Å². The summed E-state index contributed by atoms with van der Waals surface area (Å²) >= 11 is 0. The van der Waals surface area contributed by atoms with E-state index in [-0.39, 0.29) is 0 Å². The molecule has 1 unspecified atom stereocenters. The fourth-order valence-electron chi connectivity index (χ4n) is 4.50. The van der Waals surface area contributed by atoms with Crippen molar-refractivity contribution in [2.24, 2.45) is 11.3 Å². The summed E-state index contributed by atoms with van der Waals surface area (Å²) in [6, 6.07) is 0.784. The number of hydrogen-bond acceptors (Lipinski definition) is 2. The molecule has 1 heterocycles. The fraction of sp³-hybridized carbons (Fsp3) is 1.00. The summed E-state index contributed by atoms with van der Waals surface area (Å²) in [7, 11) is 0. The monoisotopic (exact) mass is 264 g/mol. The first-order valence-corrected chi connectivity index (χ1v) is 8.71. The van der Waals surface area contributed by atoms with Crippen molar-refractivity contribution in [3.63, 3.8) is 0 Å². The van der Waals surface area contributed by atoms with Gasteiger partial charge in [-0.3, -0.25) is 0 Å². The number of rotatable bonds is 3. The van der Waals surface area contributed by atoms with Crippen LogP contribution in [0.25, 0.3) is 0 Å². The second-order valence-electron chi connectivity index (χ2n) is 7.71. The summed E-state index contributed by atoms with van der Waals surface area (Å²) in [6.45, 7) is 7.75. The zero-order valence-electron chi connectivity index (χ0n) is 12.8. The van der Waals surface area contributed by atoms with Gasteiger partial charge in [-0.15, -0.1) is 0 Å². The highest BCUT2D eigenvalue weighted by Crippen LogP contribution is 2.41. The van der Waals surface area contributed by atoms with E-state index < -0.39 is 0 Å². The molecule has 2 nitrogen and oxygen atoms in total. The minimum Gasteiger partial charge on any atom is -0.312 e. The van der Waals surface area contributed by atoms with E-state index in [0.29, 0.717) is 5.41 Å². The van der Waals surface area contributed by atoms with Gasteiger partial charge >= 0.3 is 0 Å². The van der Waals surface area contributed by atoms with Crippen molar-refractivity contribution >= 4 is 0 Å². The van der Waals surface area contributed by atoms with Gasteiger partial charge in [0, 0.05) is 19.1 Å². The zero-order valence-corrected chi connectivity index (χ0v) is 12.8. The van der Waals surface area contributed by atoms with Crippen LogP contribution in [0.2, 0.25) is 0 Å². The maximum absolute atomic E-state index is 3.86. The molecule has 110 valence electrons. The van der Waals surface area contributed by atoms with Crippen molar-refractivity contribution in [3.05, 3.63) is 0 Å². The van der Waals surface area contributed by atoms with Gasteiger partial charge in [0.15, 0.2) is 0 Å². The van der Waals surface area contributed by atoms with Crippen molar-refractivity contribution in [2.45, 2.75) is 70.8 Å². The smallest absolute Gasteiger partial charge is 0.0223 e. The number of nitrogens with zero attached hydrogens (tertiary/aromatic N) is 1. The Labute approximate surface area is 119 Å². The maximum Gasteiger partial charge on any atom is 0.0223 e. The van der Waals surface area contributed by atoms with Gasteiger partial charge in [-0.1, -0.05) is 32.6 Å². The van der Waals surface area contributed by atoms with Crippen LogP contribution in [0.5, 0.6) is 0 Å². The highest BCUT2D eigenvalue weighted by atomic mass is 15.2. The molecule has 0 bridgehead atoms. The zero-order chi connectivity index (χ0) is 13.1. The number of hydrogen-bond donors (Lipinski definition) is 1. The van der Waals surface area contributed by atoms with Gasteiger partial charge in [-0.2, -0.15) is 0 Å². The van der Waals surface area contributed by atoms with Crippen LogP contribution in [0.4, 0.5) is 0 Å². The van der Waals surface area contributed by atoms with Crippen LogP contribution >= 0.6 is 0 Å². The lowest BCUT2D eigenvalue weighted by molar-refractivity contribution is 0.0782. The van der Waals surface area contributed by atoms with E-state index in [0.717, 1.165) is 12.0 Å². The molecule has 2 heteroatoms. The molecule has 0 radical (unpaired) electrons. The first-order valence-electron chi connectivity index (χ1n) is 8.71. The van der Waals surface area contributed by atoms with Crippen molar-refractivity contribution in [1.29, 1.82) is 0 Å². The van der Waals surface area contributed by atoms with Crippen LogP contribution in [0.1, 0.15) is 64.7 Å². The third kappa shape index (κ3) is 3.52.